The number of carbonyl (C=O) groups excluding carboxylic acids is 2. The van der Waals surface area contributed by atoms with E-state index in [1.807, 2.05) is 0 Å². The van der Waals surface area contributed by atoms with Gasteiger partial charge in [0.1, 0.15) is 5.75 Å². The number of amides is 1. The smallest absolute Gasteiger partial charge is 0.262 e. The van der Waals surface area contributed by atoms with Crippen LogP contribution in [0.25, 0.3) is 0 Å². The Morgan fingerprint density at radius 3 is 2.37 bits per heavy atom. The second-order valence-corrected chi connectivity index (χ2v) is 8.95. The molecule has 30 heavy (non-hydrogen) atoms. The molecule has 0 heterocycles. The minimum Gasteiger partial charge on any atom is -0.483 e. The number of nitrogens with one attached hydrogen (secondary N) is 1. The molecule has 162 valence electrons. The Morgan fingerprint density at radius 1 is 1.10 bits per heavy atom. The number of hydrogen-bond donors (Lipinski definition) is 1. The van der Waals surface area contributed by atoms with Gasteiger partial charge in [-0.1, -0.05) is 31.5 Å². The van der Waals surface area contributed by atoms with Gasteiger partial charge in [-0.3, -0.25) is 9.59 Å². The minimum atomic E-state index is -3.66. The SMILES string of the molecule is CCN(CC)S(=O)(=O)c1cc(NC(=O)COc2ccc(Cl)cc2C(C)=O)ccc1C. The molecule has 1 amide bonds. The predicted molar refractivity (Wildman–Crippen MR) is 117 cm³/mol. The lowest BCUT2D eigenvalue weighted by molar-refractivity contribution is -0.118. The highest BCUT2D eigenvalue weighted by atomic mass is 35.5. The number of sulfonamides is 1. The molecule has 0 fully saturated rings. The number of aryl methyl sites for hydroxylation is 1. The van der Waals surface area contributed by atoms with Crippen molar-refractivity contribution in [2.45, 2.75) is 32.6 Å². The fourth-order valence-corrected chi connectivity index (χ4v) is 4.78. The van der Waals surface area contributed by atoms with Crippen LogP contribution in [-0.2, 0) is 14.8 Å². The largest absolute Gasteiger partial charge is 0.483 e. The number of anilines is 1. The van der Waals surface area contributed by atoms with E-state index in [0.29, 0.717) is 29.4 Å². The van der Waals surface area contributed by atoms with Gasteiger partial charge in [0.25, 0.3) is 5.91 Å². The first-order chi connectivity index (χ1) is 14.1. The maximum atomic E-state index is 12.8. The van der Waals surface area contributed by atoms with Crippen molar-refractivity contribution in [3.05, 3.63) is 52.5 Å². The summed E-state index contributed by atoms with van der Waals surface area (Å²) in [6.45, 7) is 6.97. The van der Waals surface area contributed by atoms with E-state index >= 15 is 0 Å². The van der Waals surface area contributed by atoms with Crippen LogP contribution in [0, 0.1) is 6.92 Å². The third-order valence-electron chi connectivity index (χ3n) is 4.47. The van der Waals surface area contributed by atoms with Gasteiger partial charge >= 0.3 is 0 Å². The molecule has 0 unspecified atom stereocenters. The highest BCUT2D eigenvalue weighted by molar-refractivity contribution is 7.89. The van der Waals surface area contributed by atoms with Gasteiger partial charge in [0.05, 0.1) is 10.5 Å². The molecule has 0 saturated heterocycles. The van der Waals surface area contributed by atoms with Gasteiger partial charge in [-0.15, -0.1) is 0 Å². The standard InChI is InChI=1S/C21H25ClN2O5S/c1-5-24(6-2)30(27,28)20-12-17(9-7-14(20)3)23-21(26)13-29-19-10-8-16(22)11-18(19)15(4)25/h7-12H,5-6,13H2,1-4H3,(H,23,26). The molecule has 0 aliphatic carbocycles. The number of benzene rings is 2. The molecule has 1 N–H and O–H groups in total. The van der Waals surface area contributed by atoms with E-state index in [-0.39, 0.29) is 28.6 Å². The second-order valence-electron chi connectivity index (χ2n) is 6.60. The Balaban J connectivity index is 2.16. The van der Waals surface area contributed by atoms with Gasteiger partial charge in [-0.2, -0.15) is 4.31 Å². The zero-order valence-corrected chi connectivity index (χ0v) is 18.9. The Morgan fingerprint density at radius 2 is 1.77 bits per heavy atom. The number of carbonyl (C=O) groups is 2. The fraction of sp³-hybridized carbons (Fsp3) is 0.333. The van der Waals surface area contributed by atoms with Crippen LogP contribution in [0.1, 0.15) is 36.7 Å². The Labute approximate surface area is 182 Å². The van der Waals surface area contributed by atoms with Crippen molar-refractivity contribution < 1.29 is 22.7 Å². The van der Waals surface area contributed by atoms with E-state index in [2.05, 4.69) is 5.32 Å². The first-order valence-electron chi connectivity index (χ1n) is 9.44. The van der Waals surface area contributed by atoms with Crippen LogP contribution in [0.2, 0.25) is 5.02 Å². The molecule has 0 aliphatic heterocycles. The third kappa shape index (κ3) is 5.59. The molecule has 2 aromatic rings. The normalized spacial score (nSPS) is 11.4. The van der Waals surface area contributed by atoms with E-state index in [1.54, 1.807) is 39.0 Å². The monoisotopic (exact) mass is 452 g/mol. The van der Waals surface area contributed by atoms with E-state index in [0.717, 1.165) is 0 Å². The fourth-order valence-electron chi connectivity index (χ4n) is 2.90. The molecule has 2 aromatic carbocycles. The summed E-state index contributed by atoms with van der Waals surface area (Å²) in [4.78, 5) is 24.2. The Hall–Kier alpha value is -2.42. The van der Waals surface area contributed by atoms with E-state index < -0.39 is 15.9 Å². The number of rotatable bonds is 9. The molecular weight excluding hydrogens is 428 g/mol. The molecule has 0 bridgehead atoms. The summed E-state index contributed by atoms with van der Waals surface area (Å²) >= 11 is 5.90. The number of halogens is 1. The molecule has 9 heteroatoms. The molecule has 0 aliphatic rings. The van der Waals surface area contributed by atoms with Crippen LogP contribution in [0.4, 0.5) is 5.69 Å². The minimum absolute atomic E-state index is 0.140. The van der Waals surface area contributed by atoms with Gasteiger partial charge in [-0.05, 0) is 49.7 Å². The van der Waals surface area contributed by atoms with Gasteiger partial charge in [0.2, 0.25) is 10.0 Å². The van der Waals surface area contributed by atoms with Crippen molar-refractivity contribution in [2.24, 2.45) is 0 Å². The third-order valence-corrected chi connectivity index (χ3v) is 6.90. The van der Waals surface area contributed by atoms with E-state index in [9.17, 15) is 18.0 Å². The molecule has 0 saturated carbocycles. The lowest BCUT2D eigenvalue weighted by Gasteiger charge is -2.20. The maximum Gasteiger partial charge on any atom is 0.262 e. The zero-order chi connectivity index (χ0) is 22.5. The summed E-state index contributed by atoms with van der Waals surface area (Å²) in [6.07, 6.45) is 0. The summed E-state index contributed by atoms with van der Waals surface area (Å²) in [6, 6.07) is 9.25. The Kier molecular flexibility index (Phi) is 8.00. The molecule has 7 nitrogen and oxygen atoms in total. The van der Waals surface area contributed by atoms with Crippen molar-refractivity contribution in [2.75, 3.05) is 25.0 Å². The topological polar surface area (TPSA) is 92.8 Å². The van der Waals surface area contributed by atoms with Crippen LogP contribution in [0.15, 0.2) is 41.3 Å². The first kappa shape index (κ1) is 23.9. The number of hydrogen-bond acceptors (Lipinski definition) is 5. The average molecular weight is 453 g/mol. The van der Waals surface area contributed by atoms with Gasteiger partial charge in [0.15, 0.2) is 12.4 Å². The van der Waals surface area contributed by atoms with Crippen LogP contribution >= 0.6 is 11.6 Å². The van der Waals surface area contributed by atoms with Crippen molar-refractivity contribution in [1.29, 1.82) is 0 Å². The summed E-state index contributed by atoms with van der Waals surface area (Å²) in [5, 5.41) is 3.02. The van der Waals surface area contributed by atoms with Crippen molar-refractivity contribution in [1.82, 2.24) is 4.31 Å². The number of nitrogens with zero attached hydrogens (tertiary/aromatic N) is 1. The predicted octanol–water partition coefficient (Wildman–Crippen LogP) is 3.90. The number of ether oxygens (including phenoxy) is 1. The maximum absolute atomic E-state index is 12.8. The molecule has 0 aromatic heterocycles. The zero-order valence-electron chi connectivity index (χ0n) is 17.4. The molecular formula is C21H25ClN2O5S. The van der Waals surface area contributed by atoms with Gasteiger partial charge in [0, 0.05) is 23.8 Å². The first-order valence-corrected chi connectivity index (χ1v) is 11.3. The van der Waals surface area contributed by atoms with Gasteiger partial charge in [-0.25, -0.2) is 8.42 Å². The molecule has 0 atom stereocenters. The second kappa shape index (κ2) is 10.1. The lowest BCUT2D eigenvalue weighted by atomic mass is 10.1. The van der Waals surface area contributed by atoms with Gasteiger partial charge < -0.3 is 10.1 Å². The lowest BCUT2D eigenvalue weighted by Crippen LogP contribution is -2.31. The quantitative estimate of drug-likeness (QED) is 0.582. The Bertz CT molecular complexity index is 1050. The van der Waals surface area contributed by atoms with Crippen molar-refractivity contribution in [3.63, 3.8) is 0 Å². The van der Waals surface area contributed by atoms with Crippen molar-refractivity contribution in [3.8, 4) is 5.75 Å². The highest BCUT2D eigenvalue weighted by Gasteiger charge is 2.24. The molecule has 0 spiro atoms. The molecule has 2 rings (SSSR count). The number of ketones is 1. The van der Waals surface area contributed by atoms with E-state index in [4.69, 9.17) is 16.3 Å². The molecule has 0 radical (unpaired) electrons. The average Bonchev–Trinajstić information content (AvgIpc) is 2.69. The van der Waals surface area contributed by atoms with Crippen molar-refractivity contribution >= 4 is 39.0 Å². The van der Waals surface area contributed by atoms with Crippen LogP contribution in [-0.4, -0.2) is 44.1 Å². The van der Waals surface area contributed by atoms with Crippen LogP contribution in [0.3, 0.4) is 0 Å². The van der Waals surface area contributed by atoms with Crippen LogP contribution in [0.5, 0.6) is 5.75 Å². The summed E-state index contributed by atoms with van der Waals surface area (Å²) in [7, 11) is -3.66. The van der Waals surface area contributed by atoms with E-state index in [1.165, 1.54) is 29.4 Å². The summed E-state index contributed by atoms with van der Waals surface area (Å²) < 4.78 is 32.5. The summed E-state index contributed by atoms with van der Waals surface area (Å²) in [5.74, 6) is -0.483. The summed E-state index contributed by atoms with van der Waals surface area (Å²) in [5.41, 5.74) is 1.20. The highest BCUT2D eigenvalue weighted by Crippen LogP contribution is 2.25. The van der Waals surface area contributed by atoms with Crippen LogP contribution < -0.4 is 10.1 Å². The number of Topliss-reactive ketones (excluding diaryl/α,β-unsaturated/α-hetero) is 1.